The summed E-state index contributed by atoms with van der Waals surface area (Å²) in [4.78, 5) is 31.0. The molecule has 0 fully saturated rings. The maximum Gasteiger partial charge on any atom is 0.267 e. The minimum absolute atomic E-state index is 0.0516. The lowest BCUT2D eigenvalue weighted by Gasteiger charge is -2.15. The zero-order valence-corrected chi connectivity index (χ0v) is 18.4. The summed E-state index contributed by atoms with van der Waals surface area (Å²) < 4.78 is 8.46. The first-order chi connectivity index (χ1) is 15.5. The van der Waals surface area contributed by atoms with Crippen molar-refractivity contribution in [1.29, 1.82) is 5.41 Å². The first kappa shape index (κ1) is 21.5. The van der Waals surface area contributed by atoms with Gasteiger partial charge in [-0.25, -0.2) is 4.98 Å². The Morgan fingerprint density at radius 2 is 2.03 bits per heavy atom. The SMILES string of the molecule is CCCCCCn1c(=N)c(C(=O)NCc2ccco2)cc2c(=O)n3cccc(C)c3nc21. The number of furan rings is 1. The molecule has 0 aromatic carbocycles. The van der Waals surface area contributed by atoms with Crippen molar-refractivity contribution in [2.24, 2.45) is 0 Å². The predicted molar refractivity (Wildman–Crippen MR) is 122 cm³/mol. The number of carbonyl (C=O) groups is 1. The highest BCUT2D eigenvalue weighted by molar-refractivity contribution is 5.96. The van der Waals surface area contributed by atoms with Crippen molar-refractivity contribution in [2.75, 3.05) is 0 Å². The first-order valence-corrected chi connectivity index (χ1v) is 10.9. The van der Waals surface area contributed by atoms with Crippen molar-refractivity contribution in [3.8, 4) is 0 Å². The van der Waals surface area contributed by atoms with E-state index in [1.807, 2.05) is 13.0 Å². The standard InChI is InChI=1S/C24H27N5O3/c1-3-4-5-6-11-28-20(25)18(23(30)26-15-17-10-8-13-32-17)14-19-22(28)27-21-16(2)9-7-12-29(21)24(19)31/h7-10,12-14,25H,3-6,11,15H2,1-2H3,(H,26,30). The van der Waals surface area contributed by atoms with Gasteiger partial charge in [0.2, 0.25) is 0 Å². The third-order valence-corrected chi connectivity index (χ3v) is 5.62. The van der Waals surface area contributed by atoms with Gasteiger partial charge >= 0.3 is 0 Å². The summed E-state index contributed by atoms with van der Waals surface area (Å²) in [5.74, 6) is 0.186. The second kappa shape index (κ2) is 9.21. The Morgan fingerprint density at radius 1 is 1.19 bits per heavy atom. The Hall–Kier alpha value is -3.68. The molecule has 0 bridgehead atoms. The molecule has 0 unspecified atom stereocenters. The number of carbonyl (C=O) groups excluding carboxylic acids is 1. The number of hydrogen-bond donors (Lipinski definition) is 2. The van der Waals surface area contributed by atoms with Crippen LogP contribution in [0.5, 0.6) is 0 Å². The monoisotopic (exact) mass is 433 g/mol. The molecule has 32 heavy (non-hydrogen) atoms. The van der Waals surface area contributed by atoms with E-state index in [9.17, 15) is 9.59 Å². The molecule has 0 aliphatic heterocycles. The summed E-state index contributed by atoms with van der Waals surface area (Å²) in [5.41, 5.74) is 1.81. The highest BCUT2D eigenvalue weighted by atomic mass is 16.3. The van der Waals surface area contributed by atoms with Crippen molar-refractivity contribution in [2.45, 2.75) is 52.6 Å². The van der Waals surface area contributed by atoms with Gasteiger partial charge in [-0.15, -0.1) is 0 Å². The number of aromatic nitrogens is 3. The lowest BCUT2D eigenvalue weighted by Crippen LogP contribution is -2.34. The van der Waals surface area contributed by atoms with Gasteiger partial charge in [0, 0.05) is 12.7 Å². The fraction of sp³-hybridized carbons (Fsp3) is 0.333. The van der Waals surface area contributed by atoms with Crippen LogP contribution in [0.1, 0.15) is 54.3 Å². The average molecular weight is 434 g/mol. The molecular weight excluding hydrogens is 406 g/mol. The van der Waals surface area contributed by atoms with E-state index in [4.69, 9.17) is 14.8 Å². The number of aryl methyl sites for hydroxylation is 2. The number of nitrogens with one attached hydrogen (secondary N) is 2. The molecule has 8 heteroatoms. The smallest absolute Gasteiger partial charge is 0.267 e. The predicted octanol–water partition coefficient (Wildman–Crippen LogP) is 3.54. The summed E-state index contributed by atoms with van der Waals surface area (Å²) >= 11 is 0. The Morgan fingerprint density at radius 3 is 2.78 bits per heavy atom. The number of nitrogens with zero attached hydrogens (tertiary/aromatic N) is 3. The number of hydrogen-bond acceptors (Lipinski definition) is 5. The number of rotatable bonds is 8. The quantitative estimate of drug-likeness (QED) is 0.327. The number of pyridine rings is 2. The van der Waals surface area contributed by atoms with E-state index in [1.54, 1.807) is 29.0 Å². The largest absolute Gasteiger partial charge is 0.467 e. The molecule has 0 aliphatic rings. The minimum Gasteiger partial charge on any atom is -0.467 e. The molecule has 1 amide bonds. The molecule has 0 atom stereocenters. The van der Waals surface area contributed by atoms with Crippen molar-refractivity contribution in [1.82, 2.24) is 19.3 Å². The van der Waals surface area contributed by atoms with Crippen molar-refractivity contribution in [3.63, 3.8) is 0 Å². The molecule has 0 saturated carbocycles. The second-order valence-corrected chi connectivity index (χ2v) is 7.92. The van der Waals surface area contributed by atoms with Crippen LogP contribution in [0, 0.1) is 12.3 Å². The summed E-state index contributed by atoms with van der Waals surface area (Å²) in [5, 5.41) is 11.9. The van der Waals surface area contributed by atoms with Crippen LogP contribution in [0.4, 0.5) is 0 Å². The van der Waals surface area contributed by atoms with E-state index >= 15 is 0 Å². The molecule has 2 N–H and O–H groups in total. The van der Waals surface area contributed by atoms with Crippen LogP contribution in [0.2, 0.25) is 0 Å². The van der Waals surface area contributed by atoms with Gasteiger partial charge in [0.25, 0.3) is 11.5 Å². The summed E-state index contributed by atoms with van der Waals surface area (Å²) in [7, 11) is 0. The third kappa shape index (κ3) is 4.08. The molecule has 0 aliphatic carbocycles. The third-order valence-electron chi connectivity index (χ3n) is 5.62. The van der Waals surface area contributed by atoms with Gasteiger partial charge in [-0.1, -0.05) is 32.3 Å². The Bertz CT molecular complexity index is 1380. The van der Waals surface area contributed by atoms with Crippen LogP contribution in [0.3, 0.4) is 0 Å². The van der Waals surface area contributed by atoms with Crippen LogP contribution < -0.4 is 16.4 Å². The minimum atomic E-state index is -0.427. The van der Waals surface area contributed by atoms with E-state index in [2.05, 4.69) is 12.2 Å². The number of amides is 1. The fourth-order valence-electron chi connectivity index (χ4n) is 3.86. The van der Waals surface area contributed by atoms with E-state index in [0.29, 0.717) is 29.0 Å². The Kier molecular flexibility index (Phi) is 6.20. The van der Waals surface area contributed by atoms with Crippen molar-refractivity contribution in [3.05, 3.63) is 75.5 Å². The zero-order chi connectivity index (χ0) is 22.7. The Labute approximate surface area is 185 Å². The maximum atomic E-state index is 13.3. The molecule has 4 rings (SSSR count). The molecule has 0 radical (unpaired) electrons. The number of unbranched alkanes of at least 4 members (excludes halogenated alkanes) is 3. The summed E-state index contributed by atoms with van der Waals surface area (Å²) in [6, 6.07) is 8.70. The van der Waals surface area contributed by atoms with Crippen LogP contribution in [-0.2, 0) is 13.1 Å². The zero-order valence-electron chi connectivity index (χ0n) is 18.4. The molecule has 4 aromatic heterocycles. The topological polar surface area (TPSA) is 105 Å². The molecule has 0 saturated heterocycles. The first-order valence-electron chi connectivity index (χ1n) is 10.9. The lowest BCUT2D eigenvalue weighted by molar-refractivity contribution is 0.0945. The van der Waals surface area contributed by atoms with Crippen LogP contribution >= 0.6 is 0 Å². The van der Waals surface area contributed by atoms with Crippen LogP contribution in [0.25, 0.3) is 16.7 Å². The van der Waals surface area contributed by atoms with Gasteiger partial charge in [0.1, 0.15) is 22.5 Å². The van der Waals surface area contributed by atoms with Gasteiger partial charge in [-0.3, -0.25) is 19.4 Å². The van der Waals surface area contributed by atoms with Crippen molar-refractivity contribution >= 4 is 22.6 Å². The van der Waals surface area contributed by atoms with Gasteiger partial charge in [0.05, 0.1) is 23.8 Å². The fourth-order valence-corrected chi connectivity index (χ4v) is 3.86. The number of fused-ring (bicyclic) bond motifs is 2. The van der Waals surface area contributed by atoms with Gasteiger partial charge in [-0.2, -0.15) is 0 Å². The molecule has 4 heterocycles. The summed E-state index contributed by atoms with van der Waals surface area (Å²) in [6.45, 7) is 4.76. The highest BCUT2D eigenvalue weighted by Crippen LogP contribution is 2.14. The average Bonchev–Trinajstić information content (AvgIpc) is 3.31. The van der Waals surface area contributed by atoms with Crippen LogP contribution in [-0.4, -0.2) is 19.9 Å². The van der Waals surface area contributed by atoms with Gasteiger partial charge in [-0.05, 0) is 43.2 Å². The molecular formula is C24H27N5O3. The van der Waals surface area contributed by atoms with E-state index in [1.165, 1.54) is 16.7 Å². The normalized spacial score (nSPS) is 11.3. The van der Waals surface area contributed by atoms with E-state index in [0.717, 1.165) is 31.2 Å². The highest BCUT2D eigenvalue weighted by Gasteiger charge is 2.18. The molecule has 8 nitrogen and oxygen atoms in total. The van der Waals surface area contributed by atoms with Crippen LogP contribution in [0.15, 0.2) is 52.0 Å². The molecule has 0 spiro atoms. The molecule has 4 aromatic rings. The second-order valence-electron chi connectivity index (χ2n) is 7.92. The lowest BCUT2D eigenvalue weighted by atomic mass is 10.1. The van der Waals surface area contributed by atoms with Crippen molar-refractivity contribution < 1.29 is 9.21 Å². The van der Waals surface area contributed by atoms with Gasteiger partial charge < -0.3 is 14.3 Å². The maximum absolute atomic E-state index is 13.3. The van der Waals surface area contributed by atoms with Gasteiger partial charge in [0.15, 0.2) is 0 Å². The Balaban J connectivity index is 1.85. The van der Waals surface area contributed by atoms with E-state index < -0.39 is 5.91 Å². The summed E-state index contributed by atoms with van der Waals surface area (Å²) in [6.07, 6.45) is 7.24. The van der Waals surface area contributed by atoms with E-state index in [-0.39, 0.29) is 23.2 Å². The molecule has 166 valence electrons.